The molecule has 0 aliphatic rings. The first-order valence-corrected chi connectivity index (χ1v) is 6.48. The molecule has 1 rings (SSSR count). The molecule has 0 saturated heterocycles. The molecule has 0 heterocycles. The van der Waals surface area contributed by atoms with Gasteiger partial charge in [-0.25, -0.2) is 0 Å². The van der Waals surface area contributed by atoms with E-state index in [0.29, 0.717) is 16.3 Å². The smallest absolute Gasteiger partial charge is 0.258 e. The highest BCUT2D eigenvalue weighted by atomic mass is 35.5. The van der Waals surface area contributed by atoms with Crippen LogP contribution in [0.25, 0.3) is 0 Å². The SMILES string of the molecule is CC(O)c1cc(Cl)ccc1OCC(=O)NC(C)(C)C. The van der Waals surface area contributed by atoms with E-state index < -0.39 is 6.10 Å². The number of benzene rings is 1. The first kappa shape index (κ1) is 15.8. The lowest BCUT2D eigenvalue weighted by Crippen LogP contribution is -2.43. The van der Waals surface area contributed by atoms with E-state index in [1.807, 2.05) is 20.8 Å². The van der Waals surface area contributed by atoms with Crippen molar-refractivity contribution in [3.05, 3.63) is 28.8 Å². The second-order valence-corrected chi connectivity index (χ2v) is 5.88. The molecule has 1 aromatic carbocycles. The van der Waals surface area contributed by atoms with Gasteiger partial charge >= 0.3 is 0 Å². The summed E-state index contributed by atoms with van der Waals surface area (Å²) in [6.07, 6.45) is -0.709. The number of aliphatic hydroxyl groups excluding tert-OH is 1. The lowest BCUT2D eigenvalue weighted by Gasteiger charge is -2.21. The number of carbonyl (C=O) groups is 1. The highest BCUT2D eigenvalue weighted by Gasteiger charge is 2.15. The van der Waals surface area contributed by atoms with Crippen molar-refractivity contribution in [2.75, 3.05) is 6.61 Å². The van der Waals surface area contributed by atoms with Crippen LogP contribution in [0.15, 0.2) is 18.2 Å². The fraction of sp³-hybridized carbons (Fsp3) is 0.500. The van der Waals surface area contributed by atoms with Gasteiger partial charge in [0.15, 0.2) is 6.61 Å². The van der Waals surface area contributed by atoms with Crippen LogP contribution in [0.3, 0.4) is 0 Å². The molecule has 1 unspecified atom stereocenters. The largest absolute Gasteiger partial charge is 0.483 e. The Balaban J connectivity index is 2.70. The second kappa shape index (κ2) is 6.26. The minimum absolute atomic E-state index is 0.0986. The fourth-order valence-corrected chi connectivity index (χ4v) is 1.76. The van der Waals surface area contributed by atoms with Crippen LogP contribution in [0, 0.1) is 0 Å². The van der Waals surface area contributed by atoms with Crippen molar-refractivity contribution in [1.29, 1.82) is 0 Å². The average Bonchev–Trinajstić information content (AvgIpc) is 2.24. The molecule has 0 spiro atoms. The molecule has 1 amide bonds. The van der Waals surface area contributed by atoms with Gasteiger partial charge in [0.1, 0.15) is 5.75 Å². The third-order valence-corrected chi connectivity index (χ3v) is 2.53. The van der Waals surface area contributed by atoms with Gasteiger partial charge in [0.2, 0.25) is 0 Å². The quantitative estimate of drug-likeness (QED) is 0.894. The monoisotopic (exact) mass is 285 g/mol. The molecule has 2 N–H and O–H groups in total. The van der Waals surface area contributed by atoms with E-state index in [9.17, 15) is 9.90 Å². The Morgan fingerprint density at radius 3 is 2.63 bits per heavy atom. The molecule has 0 saturated carbocycles. The van der Waals surface area contributed by atoms with Gasteiger partial charge in [-0.2, -0.15) is 0 Å². The summed E-state index contributed by atoms with van der Waals surface area (Å²) in [5.41, 5.74) is 0.268. The zero-order valence-corrected chi connectivity index (χ0v) is 12.4. The molecular formula is C14H20ClNO3. The topological polar surface area (TPSA) is 58.6 Å². The number of halogens is 1. The Morgan fingerprint density at radius 1 is 1.47 bits per heavy atom. The number of hydrogen-bond donors (Lipinski definition) is 2. The van der Waals surface area contributed by atoms with Gasteiger partial charge in [-0.1, -0.05) is 11.6 Å². The van der Waals surface area contributed by atoms with Crippen molar-refractivity contribution in [2.24, 2.45) is 0 Å². The van der Waals surface area contributed by atoms with Crippen molar-refractivity contribution in [3.63, 3.8) is 0 Å². The van der Waals surface area contributed by atoms with Gasteiger partial charge in [0, 0.05) is 16.1 Å². The number of carbonyl (C=O) groups excluding carboxylic acids is 1. The van der Waals surface area contributed by atoms with Gasteiger partial charge in [-0.3, -0.25) is 4.79 Å². The Labute approximate surface area is 118 Å². The number of ether oxygens (including phenoxy) is 1. The van der Waals surface area contributed by atoms with Gasteiger partial charge in [0.25, 0.3) is 5.91 Å². The molecule has 0 fully saturated rings. The molecule has 19 heavy (non-hydrogen) atoms. The number of aliphatic hydroxyl groups is 1. The van der Waals surface area contributed by atoms with Crippen molar-refractivity contribution < 1.29 is 14.6 Å². The predicted molar refractivity (Wildman–Crippen MR) is 75.5 cm³/mol. The second-order valence-electron chi connectivity index (χ2n) is 5.44. The van der Waals surface area contributed by atoms with Crippen molar-refractivity contribution in [2.45, 2.75) is 39.3 Å². The molecule has 0 aliphatic heterocycles. The summed E-state index contributed by atoms with van der Waals surface area (Å²) in [6.45, 7) is 7.21. The molecule has 0 radical (unpaired) electrons. The maximum Gasteiger partial charge on any atom is 0.258 e. The summed E-state index contributed by atoms with van der Waals surface area (Å²) in [7, 11) is 0. The lowest BCUT2D eigenvalue weighted by atomic mass is 10.1. The van der Waals surface area contributed by atoms with Crippen LogP contribution in [-0.4, -0.2) is 23.2 Å². The maximum atomic E-state index is 11.7. The highest BCUT2D eigenvalue weighted by Crippen LogP contribution is 2.28. The van der Waals surface area contributed by atoms with Crippen LogP contribution in [-0.2, 0) is 4.79 Å². The summed E-state index contributed by atoms with van der Waals surface area (Å²) in [4.78, 5) is 11.7. The predicted octanol–water partition coefficient (Wildman–Crippen LogP) is 2.69. The number of nitrogens with one attached hydrogen (secondary N) is 1. The van der Waals surface area contributed by atoms with Gasteiger partial charge in [0.05, 0.1) is 6.10 Å². The first-order chi connectivity index (χ1) is 8.69. The van der Waals surface area contributed by atoms with Crippen molar-refractivity contribution in [1.82, 2.24) is 5.32 Å². The first-order valence-electron chi connectivity index (χ1n) is 6.10. The van der Waals surface area contributed by atoms with E-state index in [1.165, 1.54) is 0 Å². The van der Waals surface area contributed by atoms with Gasteiger partial charge in [-0.15, -0.1) is 0 Å². The van der Waals surface area contributed by atoms with E-state index >= 15 is 0 Å². The summed E-state index contributed by atoms with van der Waals surface area (Å²) < 4.78 is 5.43. The summed E-state index contributed by atoms with van der Waals surface area (Å²) >= 11 is 5.86. The van der Waals surface area contributed by atoms with E-state index in [0.717, 1.165) is 0 Å². The Kier molecular flexibility index (Phi) is 5.20. The van der Waals surface area contributed by atoms with E-state index in [-0.39, 0.29) is 18.1 Å². The normalized spacial score (nSPS) is 12.9. The molecule has 5 heteroatoms. The van der Waals surface area contributed by atoms with Crippen LogP contribution in [0.4, 0.5) is 0 Å². The Hall–Kier alpha value is -1.26. The third kappa shape index (κ3) is 5.49. The van der Waals surface area contributed by atoms with Crippen molar-refractivity contribution in [3.8, 4) is 5.75 Å². The van der Waals surface area contributed by atoms with Crippen LogP contribution in [0.2, 0.25) is 5.02 Å². The average molecular weight is 286 g/mol. The molecule has 4 nitrogen and oxygen atoms in total. The number of rotatable bonds is 4. The molecule has 1 atom stereocenters. The Morgan fingerprint density at radius 2 is 2.11 bits per heavy atom. The molecule has 0 aromatic heterocycles. The van der Waals surface area contributed by atoms with Gasteiger partial charge < -0.3 is 15.2 Å². The zero-order chi connectivity index (χ0) is 14.6. The minimum atomic E-state index is -0.709. The third-order valence-electron chi connectivity index (χ3n) is 2.30. The summed E-state index contributed by atoms with van der Waals surface area (Å²) in [5, 5.41) is 13.0. The fourth-order valence-electron chi connectivity index (χ4n) is 1.57. The van der Waals surface area contributed by atoms with E-state index in [2.05, 4.69) is 5.32 Å². The van der Waals surface area contributed by atoms with Crippen LogP contribution < -0.4 is 10.1 Å². The number of hydrogen-bond acceptors (Lipinski definition) is 3. The standard InChI is InChI=1S/C14H20ClNO3/c1-9(17)11-7-10(15)5-6-12(11)19-8-13(18)16-14(2,3)4/h5-7,9,17H,8H2,1-4H3,(H,16,18). The molecule has 0 bridgehead atoms. The minimum Gasteiger partial charge on any atom is -0.483 e. The van der Waals surface area contributed by atoms with Crippen LogP contribution in [0.1, 0.15) is 39.4 Å². The van der Waals surface area contributed by atoms with E-state index in [1.54, 1.807) is 25.1 Å². The zero-order valence-electron chi connectivity index (χ0n) is 11.7. The molecular weight excluding hydrogens is 266 g/mol. The van der Waals surface area contributed by atoms with Crippen LogP contribution in [0.5, 0.6) is 5.75 Å². The van der Waals surface area contributed by atoms with E-state index in [4.69, 9.17) is 16.3 Å². The molecule has 0 aliphatic carbocycles. The number of amides is 1. The highest BCUT2D eigenvalue weighted by molar-refractivity contribution is 6.30. The Bertz CT molecular complexity index is 452. The summed E-state index contributed by atoms with van der Waals surface area (Å²) in [6, 6.07) is 4.93. The van der Waals surface area contributed by atoms with Gasteiger partial charge in [-0.05, 0) is 45.9 Å². The molecule has 106 valence electrons. The summed E-state index contributed by atoms with van der Waals surface area (Å²) in [5.74, 6) is 0.252. The van der Waals surface area contributed by atoms with Crippen LogP contribution >= 0.6 is 11.6 Å². The van der Waals surface area contributed by atoms with Crippen molar-refractivity contribution >= 4 is 17.5 Å². The molecule has 1 aromatic rings. The maximum absolute atomic E-state index is 11.7. The lowest BCUT2D eigenvalue weighted by molar-refractivity contribution is -0.124.